The van der Waals surface area contributed by atoms with Crippen molar-refractivity contribution in [3.05, 3.63) is 22.4 Å². The largest absolute Gasteiger partial charge is 0.423 e. The Labute approximate surface area is 107 Å². The van der Waals surface area contributed by atoms with E-state index in [4.69, 9.17) is 4.74 Å². The molecule has 2 nitrogen and oxygen atoms in total. The highest BCUT2D eigenvalue weighted by Crippen LogP contribution is 2.27. The second-order valence-corrected chi connectivity index (χ2v) is 5.03. The van der Waals surface area contributed by atoms with E-state index in [9.17, 15) is 4.79 Å². The minimum absolute atomic E-state index is 0.112. The van der Waals surface area contributed by atoms with Crippen LogP contribution < -0.4 is 0 Å². The molecule has 0 aromatic carbocycles. The van der Waals surface area contributed by atoms with Crippen molar-refractivity contribution in [3.8, 4) is 0 Å². The van der Waals surface area contributed by atoms with Gasteiger partial charge in [-0.1, -0.05) is 58.0 Å². The first kappa shape index (κ1) is 13.0. The number of allylic oxidation sites excluding steroid dienone is 1. The van der Waals surface area contributed by atoms with Crippen LogP contribution in [0.2, 0.25) is 0 Å². The third kappa shape index (κ3) is 3.76. The molecule has 0 amide bonds. The van der Waals surface area contributed by atoms with Crippen LogP contribution >= 0.6 is 31.9 Å². The Kier molecular flexibility index (Phi) is 5.61. The highest BCUT2D eigenvalue weighted by Gasteiger charge is 2.26. The molecule has 0 aliphatic carbocycles. The average Bonchev–Trinajstić information content (AvgIpc) is 2.60. The van der Waals surface area contributed by atoms with Crippen LogP contribution in [0.25, 0.3) is 0 Å². The van der Waals surface area contributed by atoms with Gasteiger partial charge in [-0.25, -0.2) is 4.79 Å². The van der Waals surface area contributed by atoms with Crippen molar-refractivity contribution in [1.29, 1.82) is 0 Å². The predicted molar refractivity (Wildman–Crippen MR) is 68.0 cm³/mol. The Morgan fingerprint density at radius 2 is 2.27 bits per heavy atom. The molecule has 0 N–H and O–H groups in total. The number of alkyl halides is 1. The van der Waals surface area contributed by atoms with Crippen molar-refractivity contribution >= 4 is 37.8 Å². The summed E-state index contributed by atoms with van der Waals surface area (Å²) in [5, 5.41) is 0. The van der Waals surface area contributed by atoms with Gasteiger partial charge in [0.05, 0.1) is 5.57 Å². The van der Waals surface area contributed by atoms with Crippen LogP contribution in [-0.4, -0.2) is 10.8 Å². The van der Waals surface area contributed by atoms with Crippen molar-refractivity contribution in [2.75, 3.05) is 0 Å². The number of cyclic esters (lactones) is 1. The summed E-state index contributed by atoms with van der Waals surface area (Å²) in [4.78, 5) is 13.2. The number of hydrogen-bond acceptors (Lipinski definition) is 2. The maximum atomic E-state index is 11.4. The number of hydrogen-bond donors (Lipinski definition) is 0. The van der Waals surface area contributed by atoms with E-state index in [0.29, 0.717) is 5.76 Å². The summed E-state index contributed by atoms with van der Waals surface area (Å²) in [6.45, 7) is 2.16. The highest BCUT2D eigenvalue weighted by atomic mass is 79.9. The number of halogens is 2. The fraction of sp³-hybridized carbons (Fsp3) is 0.545. The molecule has 0 bridgehead atoms. The van der Waals surface area contributed by atoms with Crippen LogP contribution in [0.4, 0.5) is 0 Å². The van der Waals surface area contributed by atoms with E-state index >= 15 is 0 Å². The lowest BCUT2D eigenvalue weighted by Gasteiger charge is -2.07. The van der Waals surface area contributed by atoms with Crippen molar-refractivity contribution < 1.29 is 9.53 Å². The van der Waals surface area contributed by atoms with E-state index in [-0.39, 0.29) is 10.8 Å². The number of unbranched alkanes of at least 4 members (excludes halogenated alkanes) is 2. The summed E-state index contributed by atoms with van der Waals surface area (Å²) >= 11 is 6.67. The lowest BCUT2D eigenvalue weighted by Crippen LogP contribution is -2.09. The lowest BCUT2D eigenvalue weighted by molar-refractivity contribution is -0.133. The van der Waals surface area contributed by atoms with Crippen LogP contribution in [0.15, 0.2) is 22.4 Å². The van der Waals surface area contributed by atoms with Gasteiger partial charge in [-0.15, -0.1) is 0 Å². The SMILES string of the molecule is CCCCCC(Br)C1=C/C(=C/Br)OC1=O. The second-order valence-electron chi connectivity index (χ2n) is 3.46. The quantitative estimate of drug-likeness (QED) is 0.430. The van der Waals surface area contributed by atoms with Crippen LogP contribution in [-0.2, 0) is 9.53 Å². The zero-order valence-electron chi connectivity index (χ0n) is 8.63. The molecule has 15 heavy (non-hydrogen) atoms. The van der Waals surface area contributed by atoms with Crippen molar-refractivity contribution in [1.82, 2.24) is 0 Å². The fourth-order valence-electron chi connectivity index (χ4n) is 1.41. The summed E-state index contributed by atoms with van der Waals surface area (Å²) in [6, 6.07) is 0. The maximum Gasteiger partial charge on any atom is 0.340 e. The van der Waals surface area contributed by atoms with Crippen molar-refractivity contribution in [2.24, 2.45) is 0 Å². The number of rotatable bonds is 5. The molecule has 0 saturated heterocycles. The monoisotopic (exact) mass is 336 g/mol. The standard InChI is InChI=1S/C11H14Br2O2/c1-2-3-4-5-10(13)9-6-8(7-12)15-11(9)14/h6-7,10H,2-5H2,1H3/b8-7-. The van der Waals surface area contributed by atoms with Crippen LogP contribution in [0.5, 0.6) is 0 Å². The van der Waals surface area contributed by atoms with E-state index in [2.05, 4.69) is 38.8 Å². The molecular weight excluding hydrogens is 324 g/mol. The zero-order valence-corrected chi connectivity index (χ0v) is 11.8. The first-order valence-corrected chi connectivity index (χ1v) is 6.90. The van der Waals surface area contributed by atoms with Crippen molar-refractivity contribution in [2.45, 2.75) is 37.4 Å². The molecule has 0 aromatic rings. The van der Waals surface area contributed by atoms with Gasteiger partial charge in [0.1, 0.15) is 5.76 Å². The molecule has 84 valence electrons. The Bertz CT molecular complexity index is 295. The van der Waals surface area contributed by atoms with Gasteiger partial charge in [0.2, 0.25) is 0 Å². The van der Waals surface area contributed by atoms with Gasteiger partial charge >= 0.3 is 5.97 Å². The van der Waals surface area contributed by atoms with Gasteiger partial charge in [0, 0.05) is 9.81 Å². The van der Waals surface area contributed by atoms with Crippen LogP contribution in [0, 0.1) is 0 Å². The Morgan fingerprint density at radius 3 is 2.80 bits per heavy atom. The summed E-state index contributed by atoms with van der Waals surface area (Å²) < 4.78 is 5.00. The Balaban J connectivity index is 2.52. The van der Waals surface area contributed by atoms with Crippen LogP contribution in [0.3, 0.4) is 0 Å². The van der Waals surface area contributed by atoms with E-state index in [0.717, 1.165) is 18.4 Å². The molecule has 1 aliphatic heterocycles. The molecule has 1 rings (SSSR count). The Hall–Kier alpha value is -0.0900. The van der Waals surface area contributed by atoms with Gasteiger partial charge in [0.25, 0.3) is 0 Å². The molecule has 0 fully saturated rings. The summed E-state index contributed by atoms with van der Waals surface area (Å²) in [6.07, 6.45) is 6.28. The molecule has 0 aromatic heterocycles. The van der Waals surface area contributed by atoms with Gasteiger partial charge < -0.3 is 4.74 Å². The molecule has 4 heteroatoms. The second kappa shape index (κ2) is 6.48. The minimum Gasteiger partial charge on any atom is -0.423 e. The minimum atomic E-state index is -0.237. The molecule has 1 heterocycles. The van der Waals surface area contributed by atoms with Gasteiger partial charge in [-0.05, 0) is 12.5 Å². The topological polar surface area (TPSA) is 26.3 Å². The van der Waals surface area contributed by atoms with E-state index in [1.165, 1.54) is 12.8 Å². The first-order valence-electron chi connectivity index (χ1n) is 5.07. The smallest absolute Gasteiger partial charge is 0.340 e. The molecule has 0 spiro atoms. The summed E-state index contributed by atoms with van der Waals surface area (Å²) in [7, 11) is 0. The molecular formula is C11H14Br2O2. The van der Waals surface area contributed by atoms with E-state index < -0.39 is 0 Å². The van der Waals surface area contributed by atoms with Crippen molar-refractivity contribution in [3.63, 3.8) is 0 Å². The Morgan fingerprint density at radius 1 is 1.53 bits per heavy atom. The molecule has 1 unspecified atom stereocenters. The third-order valence-electron chi connectivity index (χ3n) is 2.25. The fourth-order valence-corrected chi connectivity index (χ4v) is 2.28. The number of ether oxygens (including phenoxy) is 1. The number of carbonyl (C=O) groups excluding carboxylic acids is 1. The molecule has 0 radical (unpaired) electrons. The lowest BCUT2D eigenvalue weighted by atomic mass is 10.1. The highest BCUT2D eigenvalue weighted by molar-refractivity contribution is 9.11. The zero-order chi connectivity index (χ0) is 11.3. The summed E-state index contributed by atoms with van der Waals surface area (Å²) in [5.74, 6) is 0.342. The molecule has 0 saturated carbocycles. The normalized spacial score (nSPS) is 20.3. The number of esters is 1. The van der Waals surface area contributed by atoms with Gasteiger partial charge in [0.15, 0.2) is 0 Å². The van der Waals surface area contributed by atoms with Crippen LogP contribution in [0.1, 0.15) is 32.6 Å². The summed E-state index contributed by atoms with van der Waals surface area (Å²) in [5.41, 5.74) is 0.719. The maximum absolute atomic E-state index is 11.4. The number of carbonyl (C=O) groups is 1. The van der Waals surface area contributed by atoms with E-state index in [1.807, 2.05) is 0 Å². The molecule has 1 atom stereocenters. The van der Waals surface area contributed by atoms with Gasteiger partial charge in [-0.3, -0.25) is 0 Å². The van der Waals surface area contributed by atoms with E-state index in [1.54, 1.807) is 11.1 Å². The predicted octanol–water partition coefficient (Wildman–Crippen LogP) is 4.05. The average molecular weight is 338 g/mol. The van der Waals surface area contributed by atoms with Gasteiger partial charge in [-0.2, -0.15) is 0 Å². The molecule has 1 aliphatic rings. The first-order chi connectivity index (χ1) is 7.19. The third-order valence-corrected chi connectivity index (χ3v) is 3.65.